The molecule has 1 aromatic heterocycles. The van der Waals surface area contributed by atoms with E-state index in [1.807, 2.05) is 25.7 Å². The summed E-state index contributed by atoms with van der Waals surface area (Å²) < 4.78 is 6.74. The number of hydrogen-bond acceptors (Lipinski definition) is 5. The molecule has 152 valence electrons. The van der Waals surface area contributed by atoms with Crippen molar-refractivity contribution < 1.29 is 30.7 Å². The average Bonchev–Trinajstić information content (AvgIpc) is 3.06. The van der Waals surface area contributed by atoms with Crippen LogP contribution in [0.5, 0.6) is 0 Å². The molecule has 1 amide bonds. The molecule has 0 aliphatic carbocycles. The van der Waals surface area contributed by atoms with Gasteiger partial charge in [-0.05, 0) is 0 Å². The molecule has 7 heteroatoms. The molecule has 0 N–H and O–H groups in total. The molecule has 0 spiro atoms. The van der Waals surface area contributed by atoms with Gasteiger partial charge in [-0.15, -0.1) is 0 Å². The maximum absolute atomic E-state index is 12.3. The molecule has 2 fully saturated rings. The standard InChI is InChI=1S/C20H32IN4O2/c1-14-7-6-10-25(14)18-22-16(13-17(21-5)23-18)15-8-11-24(12-9-15)19(26)27-20(2,3)4/h13-15H,6-12H2,1-5H3/q-1/t14-/m1/s1. The predicted molar refractivity (Wildman–Crippen MR) is 102 cm³/mol. The Balaban J connectivity index is 1.69. The van der Waals surface area contributed by atoms with Crippen LogP contribution in [0.3, 0.4) is 0 Å². The molecule has 6 nitrogen and oxygen atoms in total. The van der Waals surface area contributed by atoms with E-state index in [9.17, 15) is 4.79 Å². The van der Waals surface area contributed by atoms with E-state index in [1.165, 1.54) is 22.2 Å². The fraction of sp³-hybridized carbons (Fsp3) is 0.750. The Morgan fingerprint density at radius 2 is 1.89 bits per heavy atom. The van der Waals surface area contributed by atoms with E-state index in [1.54, 1.807) is 0 Å². The van der Waals surface area contributed by atoms with E-state index in [0.717, 1.165) is 38.4 Å². The fourth-order valence-electron chi connectivity index (χ4n) is 3.77. The van der Waals surface area contributed by atoms with Crippen molar-refractivity contribution in [3.05, 3.63) is 15.5 Å². The second kappa shape index (κ2) is 8.49. The molecule has 0 unspecified atom stereocenters. The third kappa shape index (κ3) is 5.23. The third-order valence-electron chi connectivity index (χ3n) is 5.27. The Labute approximate surface area is 173 Å². The number of nitrogens with zero attached hydrogens (tertiary/aromatic N) is 4. The second-order valence-corrected chi connectivity index (χ2v) is 10.7. The molecule has 1 atom stereocenters. The van der Waals surface area contributed by atoms with E-state index in [2.05, 4.69) is 22.8 Å². The molecular formula is C20H32IN4O2-. The summed E-state index contributed by atoms with van der Waals surface area (Å²) in [4.78, 5) is 28.6. The summed E-state index contributed by atoms with van der Waals surface area (Å²) in [5.41, 5.74) is 0.723. The van der Waals surface area contributed by atoms with Crippen LogP contribution in [0.1, 0.15) is 65.0 Å². The van der Waals surface area contributed by atoms with Gasteiger partial charge in [-0.2, -0.15) is 0 Å². The summed E-state index contributed by atoms with van der Waals surface area (Å²) in [6.07, 6.45) is 4.12. The average molecular weight is 487 g/mol. The summed E-state index contributed by atoms with van der Waals surface area (Å²) in [6, 6.07) is 2.74. The first-order valence-electron chi connectivity index (χ1n) is 9.90. The summed E-state index contributed by atoms with van der Waals surface area (Å²) in [6.45, 7) is 10.5. The number of likely N-dealkylation sites (tertiary alicyclic amines) is 1. The molecule has 0 bridgehead atoms. The number of anilines is 1. The van der Waals surface area contributed by atoms with Gasteiger partial charge in [0.2, 0.25) is 0 Å². The molecule has 0 radical (unpaired) electrons. The third-order valence-corrected chi connectivity index (χ3v) is 6.93. The predicted octanol–water partition coefficient (Wildman–Crippen LogP) is 0.468. The summed E-state index contributed by atoms with van der Waals surface area (Å²) >= 11 is -0.0751. The summed E-state index contributed by atoms with van der Waals surface area (Å²) in [5, 5.41) is 0. The Kier molecular flexibility index (Phi) is 6.48. The van der Waals surface area contributed by atoms with Gasteiger partial charge in [0, 0.05) is 0 Å². The van der Waals surface area contributed by atoms with Gasteiger partial charge in [0.05, 0.1) is 0 Å². The molecule has 27 heavy (non-hydrogen) atoms. The van der Waals surface area contributed by atoms with Crippen LogP contribution in [0.15, 0.2) is 6.07 Å². The number of aromatic nitrogens is 2. The zero-order valence-corrected chi connectivity index (χ0v) is 19.3. The van der Waals surface area contributed by atoms with Crippen LogP contribution in [-0.4, -0.2) is 57.2 Å². The topological polar surface area (TPSA) is 58.6 Å². The molecule has 1 aromatic rings. The van der Waals surface area contributed by atoms with Crippen molar-refractivity contribution in [2.24, 2.45) is 0 Å². The first-order valence-corrected chi connectivity index (χ1v) is 13.1. The van der Waals surface area contributed by atoms with Gasteiger partial charge in [0.25, 0.3) is 0 Å². The Morgan fingerprint density at radius 1 is 1.19 bits per heavy atom. The number of carbonyl (C=O) groups is 1. The fourth-order valence-corrected chi connectivity index (χ4v) is 4.86. The van der Waals surface area contributed by atoms with Crippen molar-refractivity contribution in [1.82, 2.24) is 14.9 Å². The second-order valence-electron chi connectivity index (χ2n) is 8.53. The van der Waals surface area contributed by atoms with Gasteiger partial charge >= 0.3 is 174 Å². The van der Waals surface area contributed by atoms with Crippen LogP contribution in [0.4, 0.5) is 10.7 Å². The number of ether oxygens (including phenoxy) is 1. The van der Waals surface area contributed by atoms with Crippen molar-refractivity contribution in [2.75, 3.05) is 29.5 Å². The van der Waals surface area contributed by atoms with Crippen molar-refractivity contribution in [1.29, 1.82) is 0 Å². The summed E-state index contributed by atoms with van der Waals surface area (Å²) in [5.74, 6) is 1.32. The number of halogens is 1. The Hall–Kier alpha value is -1.12. The van der Waals surface area contributed by atoms with Gasteiger partial charge in [0.15, 0.2) is 0 Å². The zero-order valence-electron chi connectivity index (χ0n) is 17.2. The van der Waals surface area contributed by atoms with Crippen LogP contribution in [0.25, 0.3) is 0 Å². The Morgan fingerprint density at radius 3 is 2.44 bits per heavy atom. The number of carbonyl (C=O) groups excluding carboxylic acids is 1. The molecule has 2 saturated heterocycles. The van der Waals surface area contributed by atoms with Crippen LogP contribution in [0, 0.1) is 3.70 Å². The van der Waals surface area contributed by atoms with Crippen LogP contribution < -0.4 is 26.1 Å². The molecule has 3 rings (SSSR count). The molecule has 2 aliphatic heterocycles. The quantitative estimate of drug-likeness (QED) is 0.353. The van der Waals surface area contributed by atoms with E-state index in [4.69, 9.17) is 14.7 Å². The first-order chi connectivity index (χ1) is 12.8. The minimum atomic E-state index is -0.443. The zero-order chi connectivity index (χ0) is 19.6. The molecule has 0 aromatic carbocycles. The van der Waals surface area contributed by atoms with Crippen LogP contribution >= 0.6 is 0 Å². The Bertz CT molecular complexity index is 668. The van der Waals surface area contributed by atoms with E-state index in [-0.39, 0.29) is 27.3 Å². The van der Waals surface area contributed by atoms with Crippen LogP contribution in [0.2, 0.25) is 0 Å². The molecule has 3 heterocycles. The van der Waals surface area contributed by atoms with E-state index >= 15 is 0 Å². The van der Waals surface area contributed by atoms with Gasteiger partial charge in [0.1, 0.15) is 0 Å². The SMILES string of the molecule is C[I-]c1cc(C2CCN(C(=O)OC(C)(C)C)CC2)nc(N2CCC[C@H]2C)n1. The van der Waals surface area contributed by atoms with E-state index < -0.39 is 5.60 Å². The molecule has 0 saturated carbocycles. The monoisotopic (exact) mass is 487 g/mol. The number of rotatable bonds is 3. The minimum absolute atomic E-state index is 0.0751. The van der Waals surface area contributed by atoms with Crippen LogP contribution in [-0.2, 0) is 4.74 Å². The molecule has 2 aliphatic rings. The van der Waals surface area contributed by atoms with Gasteiger partial charge < -0.3 is 0 Å². The molecular weight excluding hydrogens is 455 g/mol. The number of hydrogen-bond donors (Lipinski definition) is 0. The maximum atomic E-state index is 12.3. The van der Waals surface area contributed by atoms with Crippen molar-refractivity contribution in [3.8, 4) is 0 Å². The number of alkyl halides is 1. The first kappa shape index (κ1) is 20.6. The van der Waals surface area contributed by atoms with Gasteiger partial charge in [-0.3, -0.25) is 0 Å². The number of piperidine rings is 1. The van der Waals surface area contributed by atoms with Gasteiger partial charge in [-0.1, -0.05) is 0 Å². The van der Waals surface area contributed by atoms with Crippen molar-refractivity contribution in [3.63, 3.8) is 0 Å². The normalized spacial score (nSPS) is 21.7. The van der Waals surface area contributed by atoms with Crippen molar-refractivity contribution >= 4 is 12.0 Å². The number of amides is 1. The summed E-state index contributed by atoms with van der Waals surface area (Å²) in [7, 11) is 0. The van der Waals surface area contributed by atoms with Crippen molar-refractivity contribution in [2.45, 2.75) is 70.9 Å². The van der Waals surface area contributed by atoms with E-state index in [0.29, 0.717) is 12.0 Å². The van der Waals surface area contributed by atoms with Gasteiger partial charge in [-0.25, -0.2) is 0 Å².